The van der Waals surface area contributed by atoms with E-state index in [4.69, 9.17) is 4.74 Å². The summed E-state index contributed by atoms with van der Waals surface area (Å²) in [4.78, 5) is 16.6. The molecule has 106 valence electrons. The molecule has 0 saturated heterocycles. The highest BCUT2D eigenvalue weighted by Crippen LogP contribution is 2.32. The summed E-state index contributed by atoms with van der Waals surface area (Å²) in [6.07, 6.45) is 6.77. The van der Waals surface area contributed by atoms with Gasteiger partial charge in [0.25, 0.3) is 0 Å². The Morgan fingerprint density at radius 1 is 1.42 bits per heavy atom. The summed E-state index contributed by atoms with van der Waals surface area (Å²) in [5.41, 5.74) is 0.910. The van der Waals surface area contributed by atoms with E-state index in [2.05, 4.69) is 25.8 Å². The number of hydrogen-bond donors (Lipinski definition) is 0. The standard InChI is InChI=1S/C15H24N2O2/c1-5-19-14(18)13-16-12(15(2,3)4)10-17(13)11-8-6-7-9-11/h10-11H,5-9H2,1-4H3. The van der Waals surface area contributed by atoms with Gasteiger partial charge in [0.2, 0.25) is 5.82 Å². The van der Waals surface area contributed by atoms with E-state index in [1.165, 1.54) is 12.8 Å². The van der Waals surface area contributed by atoms with Gasteiger partial charge in [0.15, 0.2) is 0 Å². The molecule has 1 aliphatic rings. The monoisotopic (exact) mass is 264 g/mol. The minimum atomic E-state index is -0.301. The van der Waals surface area contributed by atoms with E-state index >= 15 is 0 Å². The summed E-state index contributed by atoms with van der Waals surface area (Å²) < 4.78 is 7.18. The Bertz CT molecular complexity index is 451. The van der Waals surface area contributed by atoms with Crippen LogP contribution in [0.5, 0.6) is 0 Å². The molecular weight excluding hydrogens is 240 g/mol. The van der Waals surface area contributed by atoms with Gasteiger partial charge in [-0.25, -0.2) is 9.78 Å². The highest BCUT2D eigenvalue weighted by molar-refractivity contribution is 5.85. The molecule has 4 nitrogen and oxygen atoms in total. The van der Waals surface area contributed by atoms with Crippen LogP contribution >= 0.6 is 0 Å². The zero-order valence-electron chi connectivity index (χ0n) is 12.4. The molecule has 4 heteroatoms. The number of esters is 1. The Labute approximate surface area is 115 Å². The van der Waals surface area contributed by atoms with Crippen LogP contribution in [0.3, 0.4) is 0 Å². The largest absolute Gasteiger partial charge is 0.460 e. The van der Waals surface area contributed by atoms with Gasteiger partial charge in [-0.05, 0) is 19.8 Å². The second-order valence-electron chi connectivity index (χ2n) is 6.27. The fourth-order valence-electron chi connectivity index (χ4n) is 2.56. The molecule has 19 heavy (non-hydrogen) atoms. The van der Waals surface area contributed by atoms with Crippen LogP contribution in [0.25, 0.3) is 0 Å². The van der Waals surface area contributed by atoms with Crippen molar-refractivity contribution in [3.05, 3.63) is 17.7 Å². The molecule has 0 unspecified atom stereocenters. The molecule has 0 spiro atoms. The normalized spacial score (nSPS) is 16.8. The highest BCUT2D eigenvalue weighted by atomic mass is 16.5. The third-order valence-corrected chi connectivity index (χ3v) is 3.68. The first kappa shape index (κ1) is 14.1. The quantitative estimate of drug-likeness (QED) is 0.785. The summed E-state index contributed by atoms with van der Waals surface area (Å²) in [6.45, 7) is 8.56. The molecule has 0 aliphatic heterocycles. The van der Waals surface area contributed by atoms with E-state index in [-0.39, 0.29) is 11.4 Å². The molecule has 1 aliphatic carbocycles. The van der Waals surface area contributed by atoms with Crippen molar-refractivity contribution in [1.82, 2.24) is 9.55 Å². The van der Waals surface area contributed by atoms with E-state index in [1.54, 1.807) is 0 Å². The first-order valence-electron chi connectivity index (χ1n) is 7.20. The van der Waals surface area contributed by atoms with Crippen LogP contribution in [0.4, 0.5) is 0 Å². The van der Waals surface area contributed by atoms with Crippen molar-refractivity contribution in [3.8, 4) is 0 Å². The summed E-state index contributed by atoms with van der Waals surface area (Å²) >= 11 is 0. The average Bonchev–Trinajstić information content (AvgIpc) is 2.97. The van der Waals surface area contributed by atoms with Crippen LogP contribution in [0.1, 0.15) is 75.7 Å². The number of hydrogen-bond acceptors (Lipinski definition) is 3. The fourth-order valence-corrected chi connectivity index (χ4v) is 2.56. The molecule has 0 bridgehead atoms. The summed E-state index contributed by atoms with van der Waals surface area (Å²) in [5, 5.41) is 0. The minimum Gasteiger partial charge on any atom is -0.460 e. The molecule has 0 amide bonds. The second-order valence-corrected chi connectivity index (χ2v) is 6.27. The SMILES string of the molecule is CCOC(=O)c1nc(C(C)(C)C)cn1C1CCCC1. The zero-order chi connectivity index (χ0) is 14.0. The predicted octanol–water partition coefficient (Wildman–Crippen LogP) is 3.47. The molecular formula is C15H24N2O2. The Balaban J connectivity index is 2.37. The Kier molecular flexibility index (Phi) is 3.97. The molecule has 1 heterocycles. The van der Waals surface area contributed by atoms with Crippen molar-refractivity contribution in [2.75, 3.05) is 6.61 Å². The Morgan fingerprint density at radius 3 is 2.58 bits per heavy atom. The van der Waals surface area contributed by atoms with Crippen molar-refractivity contribution in [2.45, 2.75) is 64.8 Å². The van der Waals surface area contributed by atoms with Crippen LogP contribution in [-0.2, 0) is 10.2 Å². The van der Waals surface area contributed by atoms with Gasteiger partial charge in [0, 0.05) is 17.7 Å². The average molecular weight is 264 g/mol. The molecule has 0 atom stereocenters. The van der Waals surface area contributed by atoms with E-state index in [0.717, 1.165) is 18.5 Å². The third kappa shape index (κ3) is 2.99. The van der Waals surface area contributed by atoms with E-state index in [1.807, 2.05) is 17.7 Å². The maximum atomic E-state index is 12.1. The van der Waals surface area contributed by atoms with Crippen molar-refractivity contribution in [2.24, 2.45) is 0 Å². The molecule has 0 aromatic carbocycles. The Hall–Kier alpha value is -1.32. The van der Waals surface area contributed by atoms with Gasteiger partial charge in [-0.1, -0.05) is 33.6 Å². The van der Waals surface area contributed by atoms with Crippen molar-refractivity contribution in [1.29, 1.82) is 0 Å². The molecule has 1 aromatic heterocycles. The lowest BCUT2D eigenvalue weighted by atomic mass is 9.93. The number of carbonyl (C=O) groups is 1. The summed E-state index contributed by atoms with van der Waals surface area (Å²) in [7, 11) is 0. The first-order valence-corrected chi connectivity index (χ1v) is 7.20. The summed E-state index contributed by atoms with van der Waals surface area (Å²) in [5.74, 6) is 0.170. The lowest BCUT2D eigenvalue weighted by Gasteiger charge is -2.15. The maximum absolute atomic E-state index is 12.1. The molecule has 1 aromatic rings. The van der Waals surface area contributed by atoms with Gasteiger partial charge in [0.1, 0.15) is 0 Å². The zero-order valence-corrected chi connectivity index (χ0v) is 12.4. The molecule has 0 radical (unpaired) electrons. The molecule has 2 rings (SSSR count). The smallest absolute Gasteiger partial charge is 0.374 e. The van der Waals surface area contributed by atoms with Crippen LogP contribution in [0.15, 0.2) is 6.20 Å². The maximum Gasteiger partial charge on any atom is 0.374 e. The van der Waals surface area contributed by atoms with Gasteiger partial charge in [0.05, 0.1) is 12.3 Å². The van der Waals surface area contributed by atoms with Gasteiger partial charge < -0.3 is 9.30 Å². The lowest BCUT2D eigenvalue weighted by Crippen LogP contribution is -2.16. The van der Waals surface area contributed by atoms with Gasteiger partial charge in [-0.3, -0.25) is 0 Å². The second kappa shape index (κ2) is 5.35. The van der Waals surface area contributed by atoms with Gasteiger partial charge >= 0.3 is 5.97 Å². The van der Waals surface area contributed by atoms with Crippen LogP contribution < -0.4 is 0 Å². The molecule has 1 fully saturated rings. The van der Waals surface area contributed by atoms with Crippen molar-refractivity contribution >= 4 is 5.97 Å². The van der Waals surface area contributed by atoms with E-state index in [9.17, 15) is 4.79 Å². The third-order valence-electron chi connectivity index (χ3n) is 3.68. The number of carbonyl (C=O) groups excluding carboxylic acids is 1. The highest BCUT2D eigenvalue weighted by Gasteiger charge is 2.28. The van der Waals surface area contributed by atoms with E-state index in [0.29, 0.717) is 18.5 Å². The number of ether oxygens (including phenoxy) is 1. The first-order chi connectivity index (χ1) is 8.93. The topological polar surface area (TPSA) is 44.1 Å². The van der Waals surface area contributed by atoms with Gasteiger partial charge in [-0.15, -0.1) is 0 Å². The number of rotatable bonds is 3. The lowest BCUT2D eigenvalue weighted by molar-refractivity contribution is 0.0503. The number of imidazole rings is 1. The minimum absolute atomic E-state index is 0.0505. The van der Waals surface area contributed by atoms with Crippen LogP contribution in [0.2, 0.25) is 0 Å². The molecule has 0 N–H and O–H groups in total. The van der Waals surface area contributed by atoms with E-state index < -0.39 is 0 Å². The molecule has 1 saturated carbocycles. The number of aromatic nitrogens is 2. The Morgan fingerprint density at radius 2 is 2.05 bits per heavy atom. The predicted molar refractivity (Wildman–Crippen MR) is 74.4 cm³/mol. The number of nitrogens with zero attached hydrogens (tertiary/aromatic N) is 2. The van der Waals surface area contributed by atoms with Crippen LogP contribution in [-0.4, -0.2) is 22.1 Å². The van der Waals surface area contributed by atoms with Crippen molar-refractivity contribution in [3.63, 3.8) is 0 Å². The van der Waals surface area contributed by atoms with Crippen molar-refractivity contribution < 1.29 is 9.53 Å². The van der Waals surface area contributed by atoms with Crippen LogP contribution in [0, 0.1) is 0 Å². The fraction of sp³-hybridized carbons (Fsp3) is 0.733. The summed E-state index contributed by atoms with van der Waals surface area (Å²) in [6, 6.07) is 0.406. The van der Waals surface area contributed by atoms with Gasteiger partial charge in [-0.2, -0.15) is 0 Å².